The van der Waals surface area contributed by atoms with E-state index in [9.17, 15) is 14.4 Å². The molecule has 1 aliphatic carbocycles. The number of fused-ring (bicyclic) bond motifs is 1. The van der Waals surface area contributed by atoms with Crippen molar-refractivity contribution in [3.05, 3.63) is 87.2 Å². The van der Waals surface area contributed by atoms with E-state index in [0.717, 1.165) is 29.5 Å². The number of nitrogens with zero attached hydrogens (tertiary/aromatic N) is 4. The molecule has 4 aromatic rings. The highest BCUT2D eigenvalue weighted by Crippen LogP contribution is 2.47. The van der Waals surface area contributed by atoms with Gasteiger partial charge in [0, 0.05) is 6.20 Å². The van der Waals surface area contributed by atoms with Crippen LogP contribution >= 0.6 is 0 Å². The number of pyridine rings is 2. The molecule has 7 nitrogen and oxygen atoms in total. The Morgan fingerprint density at radius 1 is 1.21 bits per heavy atom. The average molecular weight is 455 g/mol. The molecule has 1 aromatic carbocycles. The molecular formula is C26H23FN6O. The number of anilines is 2. The largest absolute Gasteiger partial charge is 0.368 e. The Balaban J connectivity index is 1.80. The molecule has 0 radical (unpaired) electrons. The van der Waals surface area contributed by atoms with Crippen LogP contribution in [0.1, 0.15) is 54.1 Å². The lowest BCUT2D eigenvalue weighted by Gasteiger charge is -2.24. The van der Waals surface area contributed by atoms with Crippen LogP contribution in [0.4, 0.5) is 16.2 Å². The first-order valence-corrected chi connectivity index (χ1v) is 11.1. The minimum atomic E-state index is -0.472. The van der Waals surface area contributed by atoms with Crippen LogP contribution < -0.4 is 16.6 Å². The zero-order valence-electron chi connectivity index (χ0n) is 18.8. The molecule has 170 valence electrons. The van der Waals surface area contributed by atoms with Crippen LogP contribution in [0, 0.1) is 24.1 Å². The number of nitrogen functional groups attached to an aromatic ring is 1. The van der Waals surface area contributed by atoms with E-state index in [2.05, 4.69) is 21.4 Å². The lowest BCUT2D eigenvalue weighted by atomic mass is 9.89. The molecule has 0 amide bonds. The number of hydrogen-bond donors (Lipinski definition) is 2. The smallest absolute Gasteiger partial charge is 0.263 e. The fraction of sp³-hybridized carbons (Fsp3) is 0.231. The van der Waals surface area contributed by atoms with Gasteiger partial charge in [-0.3, -0.25) is 9.20 Å². The summed E-state index contributed by atoms with van der Waals surface area (Å²) in [5.41, 5.74) is 10.1. The summed E-state index contributed by atoms with van der Waals surface area (Å²) >= 11 is 0. The van der Waals surface area contributed by atoms with Crippen LogP contribution in [0.25, 0.3) is 16.6 Å². The first kappa shape index (κ1) is 21.6. The Bertz CT molecular complexity index is 1520. The van der Waals surface area contributed by atoms with Gasteiger partial charge in [-0.15, -0.1) is 0 Å². The first-order chi connectivity index (χ1) is 16.4. The third-order valence-corrected chi connectivity index (χ3v) is 6.23. The Morgan fingerprint density at radius 3 is 2.62 bits per heavy atom. The molecular weight excluding hydrogens is 431 g/mol. The summed E-state index contributed by atoms with van der Waals surface area (Å²) in [7, 11) is 0. The summed E-state index contributed by atoms with van der Waals surface area (Å²) in [6.07, 6.45) is 3.23. The van der Waals surface area contributed by atoms with Gasteiger partial charge >= 0.3 is 0 Å². The van der Waals surface area contributed by atoms with Crippen LogP contribution in [-0.4, -0.2) is 14.4 Å². The molecule has 3 aromatic heterocycles. The predicted octanol–water partition coefficient (Wildman–Crippen LogP) is 4.71. The van der Waals surface area contributed by atoms with Gasteiger partial charge in [-0.1, -0.05) is 30.3 Å². The first-order valence-electron chi connectivity index (χ1n) is 11.1. The van der Waals surface area contributed by atoms with Crippen molar-refractivity contribution in [3.63, 3.8) is 0 Å². The van der Waals surface area contributed by atoms with E-state index in [0.29, 0.717) is 28.2 Å². The number of nitrogens with one attached hydrogen (secondary N) is 1. The lowest BCUT2D eigenvalue weighted by molar-refractivity contribution is 0.617. The molecule has 3 heterocycles. The van der Waals surface area contributed by atoms with Gasteiger partial charge in [0.2, 0.25) is 5.95 Å². The summed E-state index contributed by atoms with van der Waals surface area (Å²) in [6, 6.07) is 14.2. The van der Waals surface area contributed by atoms with Gasteiger partial charge in [0.15, 0.2) is 0 Å². The second-order valence-corrected chi connectivity index (χ2v) is 8.62. The third kappa shape index (κ3) is 3.65. The monoisotopic (exact) mass is 454 g/mol. The van der Waals surface area contributed by atoms with Crippen LogP contribution in [-0.2, 0) is 0 Å². The minimum absolute atomic E-state index is 0.0611. The van der Waals surface area contributed by atoms with Gasteiger partial charge in [0.25, 0.3) is 5.56 Å². The number of rotatable bonds is 5. The summed E-state index contributed by atoms with van der Waals surface area (Å²) in [5, 5.41) is 13.0. The summed E-state index contributed by atoms with van der Waals surface area (Å²) in [6.45, 7) is 3.64. The van der Waals surface area contributed by atoms with E-state index in [1.54, 1.807) is 13.0 Å². The normalized spacial score (nSPS) is 14.1. The summed E-state index contributed by atoms with van der Waals surface area (Å²) in [5.74, 6) is 0.168. The number of benzene rings is 1. The van der Waals surface area contributed by atoms with Crippen molar-refractivity contribution in [1.82, 2.24) is 14.4 Å². The molecule has 34 heavy (non-hydrogen) atoms. The van der Waals surface area contributed by atoms with Crippen molar-refractivity contribution < 1.29 is 4.39 Å². The molecule has 0 spiro atoms. The second kappa shape index (κ2) is 8.27. The fourth-order valence-corrected chi connectivity index (χ4v) is 4.62. The molecule has 5 rings (SSSR count). The highest BCUT2D eigenvalue weighted by molar-refractivity contribution is 5.76. The number of nitrogens with two attached hydrogens (primary N) is 1. The zero-order valence-corrected chi connectivity index (χ0v) is 18.8. The highest BCUT2D eigenvalue weighted by atomic mass is 19.1. The topological polar surface area (TPSA) is 109 Å². The molecule has 1 fully saturated rings. The van der Waals surface area contributed by atoms with Gasteiger partial charge in [-0.2, -0.15) is 10.2 Å². The van der Waals surface area contributed by atoms with Gasteiger partial charge in [0.05, 0.1) is 22.8 Å². The van der Waals surface area contributed by atoms with E-state index in [4.69, 9.17) is 5.73 Å². The lowest BCUT2D eigenvalue weighted by Crippen LogP contribution is -2.24. The highest BCUT2D eigenvalue weighted by Gasteiger charge is 2.33. The second-order valence-electron chi connectivity index (χ2n) is 8.62. The van der Waals surface area contributed by atoms with Crippen molar-refractivity contribution in [1.29, 1.82) is 5.26 Å². The van der Waals surface area contributed by atoms with Crippen molar-refractivity contribution in [3.8, 4) is 17.2 Å². The standard InChI is InChI=1S/C26H23FN6O/c1-14-19(12-28)24(32-26(29)31-14)30-15(2)21-22(17-8-9-17)20-11-10-18(27)13-33(20)25(34)23(21)16-6-4-3-5-7-16/h3-7,10-11,13,15,17H,8-9H2,1-2H3,(H3,29,30,31,32)/t15-/m0/s1. The molecule has 3 N–H and O–H groups in total. The number of nitriles is 1. The van der Waals surface area contributed by atoms with E-state index in [1.807, 2.05) is 37.3 Å². The summed E-state index contributed by atoms with van der Waals surface area (Å²) < 4.78 is 15.6. The molecule has 0 saturated heterocycles. The minimum Gasteiger partial charge on any atom is -0.368 e. The third-order valence-electron chi connectivity index (χ3n) is 6.23. The quantitative estimate of drug-likeness (QED) is 0.452. The van der Waals surface area contributed by atoms with Gasteiger partial charge in [0.1, 0.15) is 23.3 Å². The summed E-state index contributed by atoms with van der Waals surface area (Å²) in [4.78, 5) is 22.1. The molecule has 0 aliphatic heterocycles. The van der Waals surface area contributed by atoms with E-state index in [1.165, 1.54) is 16.7 Å². The van der Waals surface area contributed by atoms with Crippen molar-refractivity contribution in [2.24, 2.45) is 0 Å². The van der Waals surface area contributed by atoms with E-state index in [-0.39, 0.29) is 17.4 Å². The van der Waals surface area contributed by atoms with Crippen LogP contribution in [0.15, 0.2) is 53.5 Å². The van der Waals surface area contributed by atoms with Crippen LogP contribution in [0.2, 0.25) is 0 Å². The Labute approximate surface area is 195 Å². The number of aryl methyl sites for hydroxylation is 1. The Hall–Kier alpha value is -4.25. The maximum absolute atomic E-state index is 14.2. The molecule has 1 aliphatic rings. The Morgan fingerprint density at radius 2 is 1.94 bits per heavy atom. The molecule has 1 atom stereocenters. The van der Waals surface area contributed by atoms with Crippen molar-refractivity contribution in [2.75, 3.05) is 11.1 Å². The molecule has 0 bridgehead atoms. The van der Waals surface area contributed by atoms with Gasteiger partial charge in [-0.05, 0) is 61.4 Å². The van der Waals surface area contributed by atoms with Gasteiger partial charge in [-0.25, -0.2) is 9.37 Å². The maximum atomic E-state index is 14.2. The SMILES string of the molecule is Cc1nc(N)nc(N[C@@H](C)c2c(-c3ccccc3)c(=O)n3cc(F)ccc3c2C2CC2)c1C#N. The van der Waals surface area contributed by atoms with Crippen molar-refractivity contribution >= 4 is 17.3 Å². The molecule has 8 heteroatoms. The van der Waals surface area contributed by atoms with Crippen LogP contribution in [0.5, 0.6) is 0 Å². The fourth-order valence-electron chi connectivity index (χ4n) is 4.62. The number of halogens is 1. The predicted molar refractivity (Wildman–Crippen MR) is 129 cm³/mol. The number of hydrogen-bond acceptors (Lipinski definition) is 6. The number of aromatic nitrogens is 3. The van der Waals surface area contributed by atoms with Crippen LogP contribution in [0.3, 0.4) is 0 Å². The van der Waals surface area contributed by atoms with Gasteiger partial charge < -0.3 is 11.1 Å². The van der Waals surface area contributed by atoms with E-state index < -0.39 is 11.9 Å². The molecule has 1 saturated carbocycles. The average Bonchev–Trinajstić information content (AvgIpc) is 3.64. The van der Waals surface area contributed by atoms with E-state index >= 15 is 0 Å². The van der Waals surface area contributed by atoms with Crippen molar-refractivity contribution in [2.45, 2.75) is 38.6 Å². The Kier molecular flexibility index (Phi) is 5.25. The maximum Gasteiger partial charge on any atom is 0.263 e. The zero-order chi connectivity index (χ0) is 24.0. The molecule has 0 unspecified atom stereocenters.